The first-order chi connectivity index (χ1) is 6.49. The molecule has 74 valence electrons. The average molecular weight is 190 g/mol. The lowest BCUT2D eigenvalue weighted by Gasteiger charge is -2.31. The summed E-state index contributed by atoms with van der Waals surface area (Å²) in [6.45, 7) is 5.92. The molecule has 1 aliphatic rings. The molecule has 14 heavy (non-hydrogen) atoms. The fourth-order valence-electron chi connectivity index (χ4n) is 1.90. The SMILES string of the molecule is Cc1cccc2c1CC(C)(C)OC2=O. The molecule has 0 aliphatic carbocycles. The van der Waals surface area contributed by atoms with E-state index in [1.807, 2.05) is 39.0 Å². The van der Waals surface area contributed by atoms with Crippen LogP contribution in [-0.2, 0) is 11.2 Å². The van der Waals surface area contributed by atoms with Crippen molar-refractivity contribution >= 4 is 5.97 Å². The van der Waals surface area contributed by atoms with Gasteiger partial charge in [-0.1, -0.05) is 12.1 Å². The smallest absolute Gasteiger partial charge is 0.338 e. The highest BCUT2D eigenvalue weighted by Crippen LogP contribution is 2.29. The molecule has 0 atom stereocenters. The lowest BCUT2D eigenvalue weighted by atomic mass is 9.88. The molecule has 0 spiro atoms. The van der Waals surface area contributed by atoms with Crippen molar-refractivity contribution in [3.05, 3.63) is 34.9 Å². The van der Waals surface area contributed by atoms with Gasteiger partial charge in [0, 0.05) is 6.42 Å². The number of fused-ring (bicyclic) bond motifs is 1. The van der Waals surface area contributed by atoms with Crippen LogP contribution in [0.3, 0.4) is 0 Å². The predicted octanol–water partition coefficient (Wildman–Crippen LogP) is 2.49. The number of hydrogen-bond acceptors (Lipinski definition) is 2. The first-order valence-corrected chi connectivity index (χ1v) is 4.81. The Hall–Kier alpha value is -1.31. The molecule has 2 heteroatoms. The standard InChI is InChI=1S/C12H14O2/c1-8-5-4-6-9-10(8)7-12(2,3)14-11(9)13/h4-6H,7H2,1-3H3. The van der Waals surface area contributed by atoms with Crippen LogP contribution in [0.2, 0.25) is 0 Å². The van der Waals surface area contributed by atoms with Crippen LogP contribution in [0.15, 0.2) is 18.2 Å². The van der Waals surface area contributed by atoms with Crippen LogP contribution in [0.5, 0.6) is 0 Å². The molecular weight excluding hydrogens is 176 g/mol. The van der Waals surface area contributed by atoms with Gasteiger partial charge < -0.3 is 4.74 Å². The highest BCUT2D eigenvalue weighted by molar-refractivity contribution is 5.92. The minimum Gasteiger partial charge on any atom is -0.456 e. The van der Waals surface area contributed by atoms with E-state index in [0.717, 1.165) is 17.5 Å². The van der Waals surface area contributed by atoms with Gasteiger partial charge in [0.1, 0.15) is 5.60 Å². The summed E-state index contributed by atoms with van der Waals surface area (Å²) in [5, 5.41) is 0. The number of carbonyl (C=O) groups excluding carboxylic acids is 1. The van der Waals surface area contributed by atoms with E-state index in [4.69, 9.17) is 4.74 Å². The van der Waals surface area contributed by atoms with E-state index in [2.05, 4.69) is 0 Å². The number of esters is 1. The number of aryl methyl sites for hydroxylation is 1. The third-order valence-corrected chi connectivity index (χ3v) is 2.60. The van der Waals surface area contributed by atoms with E-state index < -0.39 is 0 Å². The van der Waals surface area contributed by atoms with Gasteiger partial charge in [0.05, 0.1) is 5.56 Å². The summed E-state index contributed by atoms with van der Waals surface area (Å²) in [4.78, 5) is 11.6. The highest BCUT2D eigenvalue weighted by Gasteiger charge is 2.32. The predicted molar refractivity (Wildman–Crippen MR) is 54.4 cm³/mol. The molecule has 0 aromatic heterocycles. The Balaban J connectivity index is 2.56. The summed E-state index contributed by atoms with van der Waals surface area (Å²) in [6, 6.07) is 5.77. The summed E-state index contributed by atoms with van der Waals surface area (Å²) < 4.78 is 5.32. The first kappa shape index (κ1) is 9.25. The van der Waals surface area contributed by atoms with Gasteiger partial charge in [0.25, 0.3) is 0 Å². The van der Waals surface area contributed by atoms with Crippen molar-refractivity contribution in [1.82, 2.24) is 0 Å². The molecule has 0 fully saturated rings. The Bertz CT molecular complexity index is 391. The third kappa shape index (κ3) is 1.41. The van der Waals surface area contributed by atoms with Crippen molar-refractivity contribution in [1.29, 1.82) is 0 Å². The van der Waals surface area contributed by atoms with E-state index in [1.165, 1.54) is 5.56 Å². The zero-order valence-electron chi connectivity index (χ0n) is 8.76. The Morgan fingerprint density at radius 3 is 2.79 bits per heavy atom. The van der Waals surface area contributed by atoms with Gasteiger partial charge >= 0.3 is 5.97 Å². The van der Waals surface area contributed by atoms with Crippen LogP contribution >= 0.6 is 0 Å². The number of benzene rings is 1. The van der Waals surface area contributed by atoms with Crippen LogP contribution in [0.25, 0.3) is 0 Å². The second kappa shape index (κ2) is 2.84. The molecule has 1 aromatic rings. The molecular formula is C12H14O2. The van der Waals surface area contributed by atoms with Crippen LogP contribution < -0.4 is 0 Å². The molecule has 0 unspecified atom stereocenters. The summed E-state index contributed by atoms with van der Waals surface area (Å²) in [5.41, 5.74) is 2.67. The maximum atomic E-state index is 11.6. The summed E-state index contributed by atoms with van der Waals surface area (Å²) >= 11 is 0. The molecule has 0 N–H and O–H groups in total. The lowest BCUT2D eigenvalue weighted by Crippen LogP contribution is -2.36. The molecule has 1 aromatic carbocycles. The third-order valence-electron chi connectivity index (χ3n) is 2.60. The normalized spacial score (nSPS) is 18.6. The maximum Gasteiger partial charge on any atom is 0.338 e. The Morgan fingerprint density at radius 2 is 2.07 bits per heavy atom. The summed E-state index contributed by atoms with van der Waals surface area (Å²) in [6.07, 6.45) is 0.806. The molecule has 0 bridgehead atoms. The molecule has 1 aliphatic heterocycles. The molecule has 0 saturated carbocycles. The summed E-state index contributed by atoms with van der Waals surface area (Å²) in [7, 11) is 0. The zero-order chi connectivity index (χ0) is 10.3. The molecule has 2 nitrogen and oxygen atoms in total. The zero-order valence-corrected chi connectivity index (χ0v) is 8.76. The van der Waals surface area contributed by atoms with Crippen molar-refractivity contribution in [2.45, 2.75) is 32.8 Å². The van der Waals surface area contributed by atoms with Crippen LogP contribution in [0.4, 0.5) is 0 Å². The molecule has 2 rings (SSSR count). The summed E-state index contributed by atoms with van der Waals surface area (Å²) in [5.74, 6) is -0.194. The van der Waals surface area contributed by atoms with E-state index in [9.17, 15) is 4.79 Å². The van der Waals surface area contributed by atoms with Gasteiger partial charge in [0.15, 0.2) is 0 Å². The first-order valence-electron chi connectivity index (χ1n) is 4.81. The Labute approximate surface area is 83.9 Å². The quantitative estimate of drug-likeness (QED) is 0.587. The minimum atomic E-state index is -0.365. The van der Waals surface area contributed by atoms with E-state index >= 15 is 0 Å². The van der Waals surface area contributed by atoms with Gasteiger partial charge in [0.2, 0.25) is 0 Å². The van der Waals surface area contributed by atoms with E-state index in [-0.39, 0.29) is 11.6 Å². The lowest BCUT2D eigenvalue weighted by molar-refractivity contribution is -0.00658. The molecule has 0 saturated heterocycles. The van der Waals surface area contributed by atoms with Crippen molar-refractivity contribution in [2.24, 2.45) is 0 Å². The minimum absolute atomic E-state index is 0.194. The highest BCUT2D eigenvalue weighted by atomic mass is 16.6. The van der Waals surface area contributed by atoms with Gasteiger partial charge in [-0.15, -0.1) is 0 Å². The van der Waals surface area contributed by atoms with E-state index in [1.54, 1.807) is 0 Å². The van der Waals surface area contributed by atoms with Gasteiger partial charge in [-0.2, -0.15) is 0 Å². The number of hydrogen-bond donors (Lipinski definition) is 0. The number of rotatable bonds is 0. The van der Waals surface area contributed by atoms with Gasteiger partial charge in [-0.3, -0.25) is 0 Å². The topological polar surface area (TPSA) is 26.3 Å². The average Bonchev–Trinajstić information content (AvgIpc) is 2.05. The van der Waals surface area contributed by atoms with Crippen molar-refractivity contribution in [3.8, 4) is 0 Å². The fraction of sp³-hybridized carbons (Fsp3) is 0.417. The second-order valence-electron chi connectivity index (χ2n) is 4.43. The largest absolute Gasteiger partial charge is 0.456 e. The van der Waals surface area contributed by atoms with Crippen molar-refractivity contribution < 1.29 is 9.53 Å². The fourth-order valence-corrected chi connectivity index (χ4v) is 1.90. The van der Waals surface area contributed by atoms with Gasteiger partial charge in [-0.05, 0) is 38.0 Å². The van der Waals surface area contributed by atoms with Crippen LogP contribution in [0, 0.1) is 6.92 Å². The number of ether oxygens (including phenoxy) is 1. The van der Waals surface area contributed by atoms with E-state index in [0.29, 0.717) is 0 Å². The number of carbonyl (C=O) groups is 1. The van der Waals surface area contributed by atoms with Crippen LogP contribution in [0.1, 0.15) is 35.3 Å². The Kier molecular flexibility index (Phi) is 1.88. The van der Waals surface area contributed by atoms with Crippen molar-refractivity contribution in [3.63, 3.8) is 0 Å². The van der Waals surface area contributed by atoms with Gasteiger partial charge in [-0.25, -0.2) is 4.79 Å². The van der Waals surface area contributed by atoms with Crippen molar-refractivity contribution in [2.75, 3.05) is 0 Å². The monoisotopic (exact) mass is 190 g/mol. The molecule has 1 heterocycles. The van der Waals surface area contributed by atoms with Crippen LogP contribution in [-0.4, -0.2) is 11.6 Å². The molecule has 0 amide bonds. The number of cyclic esters (lactones) is 1. The maximum absolute atomic E-state index is 11.6. The second-order valence-corrected chi connectivity index (χ2v) is 4.43. The Morgan fingerprint density at radius 1 is 1.36 bits per heavy atom. The molecule has 0 radical (unpaired) electrons.